The Bertz CT molecular complexity index is 265. The fourth-order valence-corrected chi connectivity index (χ4v) is 2.13. The highest BCUT2D eigenvalue weighted by molar-refractivity contribution is 5.66. The van der Waals surface area contributed by atoms with E-state index in [-0.39, 0.29) is 18.7 Å². The lowest BCUT2D eigenvalue weighted by molar-refractivity contribution is -0.150. The molecule has 1 aliphatic rings. The predicted octanol–water partition coefficient (Wildman–Crippen LogP) is 1.20. The van der Waals surface area contributed by atoms with Gasteiger partial charge in [-0.1, -0.05) is 12.2 Å². The van der Waals surface area contributed by atoms with Crippen LogP contribution in [0.4, 0.5) is 0 Å². The fourth-order valence-electron chi connectivity index (χ4n) is 2.13. The molecule has 98 valence electrons. The largest absolute Gasteiger partial charge is 0.461 e. The van der Waals surface area contributed by atoms with Crippen molar-refractivity contribution in [3.63, 3.8) is 0 Å². The lowest BCUT2D eigenvalue weighted by Crippen LogP contribution is -2.43. The van der Waals surface area contributed by atoms with Crippen LogP contribution in [0.5, 0.6) is 0 Å². The SMILES string of the molecule is CC(=O)OC1CN(C)CCC1C=CCCCO. The number of likely N-dealkylation sites (tertiary alicyclic amines) is 1. The fraction of sp³-hybridized carbons (Fsp3) is 0.769. The average molecular weight is 241 g/mol. The van der Waals surface area contributed by atoms with Crippen LogP contribution < -0.4 is 0 Å². The molecule has 2 unspecified atom stereocenters. The first-order valence-electron chi connectivity index (χ1n) is 6.26. The minimum absolute atomic E-state index is 0.0309. The number of ether oxygens (including phenoxy) is 1. The highest BCUT2D eigenvalue weighted by atomic mass is 16.5. The molecule has 4 nitrogen and oxygen atoms in total. The van der Waals surface area contributed by atoms with Crippen LogP contribution in [0.25, 0.3) is 0 Å². The first-order valence-corrected chi connectivity index (χ1v) is 6.26. The number of piperidine rings is 1. The van der Waals surface area contributed by atoms with E-state index < -0.39 is 0 Å². The van der Waals surface area contributed by atoms with Crippen molar-refractivity contribution in [2.45, 2.75) is 32.3 Å². The second-order valence-corrected chi connectivity index (χ2v) is 4.66. The van der Waals surface area contributed by atoms with E-state index >= 15 is 0 Å². The zero-order valence-corrected chi connectivity index (χ0v) is 10.8. The van der Waals surface area contributed by atoms with E-state index in [0.717, 1.165) is 32.4 Å². The maximum Gasteiger partial charge on any atom is 0.302 e. The molecule has 1 fully saturated rings. The highest BCUT2D eigenvalue weighted by Crippen LogP contribution is 2.21. The van der Waals surface area contributed by atoms with Crippen molar-refractivity contribution in [2.75, 3.05) is 26.7 Å². The Labute approximate surface area is 103 Å². The van der Waals surface area contributed by atoms with E-state index in [1.54, 1.807) is 0 Å². The molecule has 1 N–H and O–H groups in total. The molecule has 0 saturated carbocycles. The Morgan fingerprint density at radius 3 is 3.00 bits per heavy atom. The number of hydrogen-bond acceptors (Lipinski definition) is 4. The van der Waals surface area contributed by atoms with Gasteiger partial charge in [0, 0.05) is 26.0 Å². The molecular weight excluding hydrogens is 218 g/mol. The summed E-state index contributed by atoms with van der Waals surface area (Å²) in [5.41, 5.74) is 0. The first-order chi connectivity index (χ1) is 8.13. The maximum atomic E-state index is 11.0. The van der Waals surface area contributed by atoms with E-state index in [2.05, 4.69) is 17.1 Å². The van der Waals surface area contributed by atoms with Gasteiger partial charge in [0.1, 0.15) is 6.10 Å². The number of allylic oxidation sites excluding steroid dienone is 1. The van der Waals surface area contributed by atoms with Crippen LogP contribution in [0.15, 0.2) is 12.2 Å². The molecule has 0 aliphatic carbocycles. The standard InChI is InChI=1S/C13H23NO3/c1-11(16)17-13-10-14(2)8-7-12(13)6-4-3-5-9-15/h4,6,12-13,15H,3,5,7-10H2,1-2H3. The third-order valence-electron chi connectivity index (χ3n) is 3.04. The van der Waals surface area contributed by atoms with Crippen molar-refractivity contribution in [1.82, 2.24) is 4.90 Å². The molecule has 4 heteroatoms. The van der Waals surface area contributed by atoms with Gasteiger partial charge < -0.3 is 14.7 Å². The number of carbonyl (C=O) groups excluding carboxylic acids is 1. The Morgan fingerprint density at radius 1 is 1.59 bits per heavy atom. The van der Waals surface area contributed by atoms with Crippen molar-refractivity contribution in [1.29, 1.82) is 0 Å². The monoisotopic (exact) mass is 241 g/mol. The summed E-state index contributed by atoms with van der Waals surface area (Å²) in [5, 5.41) is 8.70. The van der Waals surface area contributed by atoms with Gasteiger partial charge in [0.25, 0.3) is 0 Å². The van der Waals surface area contributed by atoms with Crippen LogP contribution in [-0.2, 0) is 9.53 Å². The van der Waals surface area contributed by atoms with Gasteiger partial charge in [0.2, 0.25) is 0 Å². The van der Waals surface area contributed by atoms with E-state index in [1.807, 2.05) is 7.05 Å². The molecule has 1 heterocycles. The molecule has 0 spiro atoms. The van der Waals surface area contributed by atoms with Gasteiger partial charge in [-0.15, -0.1) is 0 Å². The van der Waals surface area contributed by atoms with Crippen LogP contribution in [0.2, 0.25) is 0 Å². The molecule has 0 radical (unpaired) electrons. The Hall–Kier alpha value is -0.870. The molecule has 17 heavy (non-hydrogen) atoms. The van der Waals surface area contributed by atoms with Gasteiger partial charge in [-0.25, -0.2) is 0 Å². The molecule has 1 saturated heterocycles. The topological polar surface area (TPSA) is 49.8 Å². The van der Waals surface area contributed by atoms with Crippen molar-refractivity contribution in [2.24, 2.45) is 5.92 Å². The number of aliphatic hydroxyl groups is 1. The summed E-state index contributed by atoms with van der Waals surface area (Å²) in [4.78, 5) is 13.2. The molecule has 0 aromatic rings. The normalized spacial score (nSPS) is 26.3. The minimum atomic E-state index is -0.209. The van der Waals surface area contributed by atoms with Gasteiger partial charge in [-0.05, 0) is 32.9 Å². The zero-order valence-electron chi connectivity index (χ0n) is 10.8. The molecule has 0 bridgehead atoms. The van der Waals surface area contributed by atoms with Crippen LogP contribution >= 0.6 is 0 Å². The van der Waals surface area contributed by atoms with Gasteiger partial charge in [-0.3, -0.25) is 4.79 Å². The summed E-state index contributed by atoms with van der Waals surface area (Å²) in [7, 11) is 2.04. The summed E-state index contributed by atoms with van der Waals surface area (Å²) in [6.45, 7) is 3.52. The lowest BCUT2D eigenvalue weighted by Gasteiger charge is -2.34. The number of carbonyl (C=O) groups is 1. The number of esters is 1. The third-order valence-corrected chi connectivity index (χ3v) is 3.04. The molecule has 1 aliphatic heterocycles. The van der Waals surface area contributed by atoms with E-state index in [0.29, 0.717) is 5.92 Å². The zero-order chi connectivity index (χ0) is 12.7. The maximum absolute atomic E-state index is 11.0. The number of rotatable bonds is 5. The molecule has 0 aromatic carbocycles. The van der Waals surface area contributed by atoms with Crippen molar-refractivity contribution in [3.05, 3.63) is 12.2 Å². The first kappa shape index (κ1) is 14.2. The predicted molar refractivity (Wildman–Crippen MR) is 66.6 cm³/mol. The Balaban J connectivity index is 2.48. The van der Waals surface area contributed by atoms with Crippen molar-refractivity contribution < 1.29 is 14.6 Å². The summed E-state index contributed by atoms with van der Waals surface area (Å²) >= 11 is 0. The van der Waals surface area contributed by atoms with E-state index in [9.17, 15) is 4.79 Å². The molecule has 0 aromatic heterocycles. The summed E-state index contributed by atoms with van der Waals surface area (Å²) in [5.74, 6) is 0.104. The summed E-state index contributed by atoms with van der Waals surface area (Å²) in [6.07, 6.45) is 6.89. The van der Waals surface area contributed by atoms with Gasteiger partial charge >= 0.3 is 5.97 Å². The molecule has 1 rings (SSSR count). The summed E-state index contributed by atoms with van der Waals surface area (Å²) < 4.78 is 5.35. The summed E-state index contributed by atoms with van der Waals surface area (Å²) in [6, 6.07) is 0. The van der Waals surface area contributed by atoms with Crippen molar-refractivity contribution >= 4 is 5.97 Å². The number of hydrogen-bond donors (Lipinski definition) is 1. The lowest BCUT2D eigenvalue weighted by atomic mass is 9.93. The number of unbranched alkanes of at least 4 members (excludes halogenated alkanes) is 1. The molecule has 0 amide bonds. The Morgan fingerprint density at radius 2 is 2.35 bits per heavy atom. The van der Waals surface area contributed by atoms with Gasteiger partial charge in [0.05, 0.1) is 0 Å². The van der Waals surface area contributed by atoms with Gasteiger partial charge in [0.15, 0.2) is 0 Å². The van der Waals surface area contributed by atoms with E-state index in [4.69, 9.17) is 9.84 Å². The number of nitrogens with zero attached hydrogens (tertiary/aromatic N) is 1. The quantitative estimate of drug-likeness (QED) is 0.446. The van der Waals surface area contributed by atoms with Gasteiger partial charge in [-0.2, -0.15) is 0 Å². The van der Waals surface area contributed by atoms with Crippen LogP contribution in [0.1, 0.15) is 26.2 Å². The Kier molecular flexibility index (Phi) is 6.22. The smallest absolute Gasteiger partial charge is 0.302 e. The average Bonchev–Trinajstić information content (AvgIpc) is 2.26. The minimum Gasteiger partial charge on any atom is -0.461 e. The highest BCUT2D eigenvalue weighted by Gasteiger charge is 2.27. The van der Waals surface area contributed by atoms with Crippen LogP contribution in [-0.4, -0.2) is 48.8 Å². The third kappa shape index (κ3) is 5.33. The number of likely N-dealkylation sites (N-methyl/N-ethyl adjacent to an activating group) is 1. The molecular formula is C13H23NO3. The number of aliphatic hydroxyl groups excluding tert-OH is 1. The van der Waals surface area contributed by atoms with Crippen LogP contribution in [0.3, 0.4) is 0 Å². The van der Waals surface area contributed by atoms with Crippen LogP contribution in [0, 0.1) is 5.92 Å². The van der Waals surface area contributed by atoms with E-state index in [1.165, 1.54) is 6.92 Å². The second kappa shape index (κ2) is 7.45. The second-order valence-electron chi connectivity index (χ2n) is 4.66. The molecule has 2 atom stereocenters. The van der Waals surface area contributed by atoms with Crippen molar-refractivity contribution in [3.8, 4) is 0 Å².